The van der Waals surface area contributed by atoms with Gasteiger partial charge in [0.15, 0.2) is 5.69 Å². The van der Waals surface area contributed by atoms with Crippen molar-refractivity contribution in [3.8, 4) is 5.69 Å². The zero-order chi connectivity index (χ0) is 27.0. The number of nitrogens with one attached hydrogen (secondary N) is 1. The highest BCUT2D eigenvalue weighted by molar-refractivity contribution is 6.30. The molecular weight excluding hydrogens is 526 g/mol. The number of halogens is 5. The van der Waals surface area contributed by atoms with Gasteiger partial charge in [0, 0.05) is 18.8 Å². The maximum Gasteiger partial charge on any atom is 0.434 e. The zero-order valence-electron chi connectivity index (χ0n) is 19.9. The number of nitrogens with zero attached hydrogens (tertiary/aromatic N) is 4. The minimum atomic E-state index is -4.79. The Hall–Kier alpha value is -3.73. The third kappa shape index (κ3) is 5.15. The number of rotatable bonds is 5. The molecule has 38 heavy (non-hydrogen) atoms. The second-order valence-electron chi connectivity index (χ2n) is 9.29. The molecule has 5 rings (SSSR count). The predicted octanol–water partition coefficient (Wildman–Crippen LogP) is 5.38. The minimum absolute atomic E-state index is 0.0621. The Kier molecular flexibility index (Phi) is 6.95. The number of para-hydroxylation sites is 2. The van der Waals surface area contributed by atoms with Gasteiger partial charge in [0.05, 0.1) is 33.5 Å². The van der Waals surface area contributed by atoms with Crippen molar-refractivity contribution in [2.24, 2.45) is 5.92 Å². The number of imidazole rings is 1. The number of carbonyl (C=O) groups excluding carboxylic acids is 1. The third-order valence-corrected chi connectivity index (χ3v) is 7.00. The van der Waals surface area contributed by atoms with Gasteiger partial charge in [-0.1, -0.05) is 23.7 Å². The lowest BCUT2D eigenvalue weighted by atomic mass is 9.85. The molecule has 0 spiro atoms. The first-order valence-corrected chi connectivity index (χ1v) is 12.4. The number of carbonyl (C=O) groups is 1. The molecule has 1 amide bonds. The van der Waals surface area contributed by atoms with Gasteiger partial charge < -0.3 is 5.32 Å². The fourth-order valence-electron chi connectivity index (χ4n) is 4.98. The first-order valence-electron chi connectivity index (χ1n) is 12.0. The number of hydrogen-bond donors (Lipinski definition) is 1. The zero-order valence-corrected chi connectivity index (χ0v) is 20.6. The maximum absolute atomic E-state index is 13.4. The molecule has 1 aliphatic carbocycles. The smallest absolute Gasteiger partial charge is 0.349 e. The van der Waals surface area contributed by atoms with Gasteiger partial charge in [0.1, 0.15) is 0 Å². The maximum atomic E-state index is 13.4. The largest absolute Gasteiger partial charge is 0.434 e. The molecule has 1 fully saturated rings. The topological polar surface area (TPSA) is 81.8 Å². The van der Waals surface area contributed by atoms with Gasteiger partial charge in [-0.3, -0.25) is 13.9 Å². The number of aromatic nitrogens is 4. The van der Waals surface area contributed by atoms with Gasteiger partial charge >= 0.3 is 11.9 Å². The first-order chi connectivity index (χ1) is 18.1. The van der Waals surface area contributed by atoms with Crippen molar-refractivity contribution in [1.29, 1.82) is 0 Å². The van der Waals surface area contributed by atoms with Crippen molar-refractivity contribution in [1.82, 2.24) is 24.4 Å². The average molecular weight is 548 g/mol. The van der Waals surface area contributed by atoms with Crippen LogP contribution in [0.5, 0.6) is 0 Å². The molecule has 1 N–H and O–H groups in total. The van der Waals surface area contributed by atoms with Crippen molar-refractivity contribution < 1.29 is 22.4 Å². The van der Waals surface area contributed by atoms with Crippen molar-refractivity contribution in [3.63, 3.8) is 0 Å². The molecule has 1 aromatic carbocycles. The molecule has 198 valence electrons. The van der Waals surface area contributed by atoms with Crippen LogP contribution in [0.2, 0.25) is 5.02 Å². The lowest BCUT2D eigenvalue weighted by Crippen LogP contribution is -2.39. The van der Waals surface area contributed by atoms with Gasteiger partial charge in [-0.05, 0) is 61.9 Å². The number of alkyl halides is 3. The molecule has 3 heterocycles. The normalized spacial score (nSPS) is 18.0. The lowest BCUT2D eigenvalue weighted by Gasteiger charge is -2.29. The van der Waals surface area contributed by atoms with Crippen LogP contribution in [0.25, 0.3) is 16.7 Å². The molecular formula is C26H22ClF4N5O2. The molecule has 0 saturated heterocycles. The van der Waals surface area contributed by atoms with E-state index in [2.05, 4.69) is 15.3 Å². The second-order valence-corrected chi connectivity index (χ2v) is 9.73. The molecule has 1 saturated carbocycles. The van der Waals surface area contributed by atoms with Crippen LogP contribution in [-0.2, 0) is 12.7 Å². The molecule has 0 atom stereocenters. The van der Waals surface area contributed by atoms with E-state index < -0.39 is 29.3 Å². The van der Waals surface area contributed by atoms with Crippen molar-refractivity contribution in [2.45, 2.75) is 44.4 Å². The van der Waals surface area contributed by atoms with Crippen LogP contribution >= 0.6 is 11.6 Å². The molecule has 0 unspecified atom stereocenters. The molecule has 0 radical (unpaired) electrons. The highest BCUT2D eigenvalue weighted by Gasteiger charge is 2.38. The lowest BCUT2D eigenvalue weighted by molar-refractivity contribution is -0.141. The van der Waals surface area contributed by atoms with E-state index in [1.54, 1.807) is 4.57 Å². The fraction of sp³-hybridized carbons (Fsp3) is 0.308. The summed E-state index contributed by atoms with van der Waals surface area (Å²) in [5.74, 6) is -1.40. The number of amides is 1. The van der Waals surface area contributed by atoms with Crippen LogP contribution in [-0.4, -0.2) is 31.1 Å². The highest BCUT2D eigenvalue weighted by Crippen LogP contribution is 2.32. The van der Waals surface area contributed by atoms with E-state index in [0.29, 0.717) is 43.4 Å². The van der Waals surface area contributed by atoms with Crippen LogP contribution in [0, 0.1) is 11.9 Å². The van der Waals surface area contributed by atoms with E-state index in [9.17, 15) is 27.2 Å². The van der Waals surface area contributed by atoms with Gasteiger partial charge in [-0.25, -0.2) is 14.8 Å². The quantitative estimate of drug-likeness (QED) is 0.269. The van der Waals surface area contributed by atoms with Gasteiger partial charge in [0.2, 0.25) is 5.95 Å². The minimum Gasteiger partial charge on any atom is -0.349 e. The summed E-state index contributed by atoms with van der Waals surface area (Å²) in [5, 5.41) is 2.62. The van der Waals surface area contributed by atoms with E-state index in [1.807, 2.05) is 24.3 Å². The Balaban J connectivity index is 1.30. The number of pyridine rings is 2. The van der Waals surface area contributed by atoms with E-state index in [-0.39, 0.29) is 22.7 Å². The van der Waals surface area contributed by atoms with Gasteiger partial charge in [-0.2, -0.15) is 17.6 Å². The molecule has 7 nitrogen and oxygen atoms in total. The monoisotopic (exact) mass is 547 g/mol. The van der Waals surface area contributed by atoms with E-state index in [0.717, 1.165) is 17.8 Å². The second kappa shape index (κ2) is 10.2. The molecule has 3 aromatic heterocycles. The van der Waals surface area contributed by atoms with E-state index >= 15 is 0 Å². The van der Waals surface area contributed by atoms with Crippen LogP contribution in [0.1, 0.15) is 41.7 Å². The van der Waals surface area contributed by atoms with Crippen molar-refractivity contribution in [3.05, 3.63) is 87.6 Å². The summed E-state index contributed by atoms with van der Waals surface area (Å²) in [7, 11) is 0. The average Bonchev–Trinajstić information content (AvgIpc) is 3.16. The molecule has 1 aliphatic rings. The summed E-state index contributed by atoms with van der Waals surface area (Å²) in [6.45, 7) is 0.429. The molecule has 0 bridgehead atoms. The summed E-state index contributed by atoms with van der Waals surface area (Å²) in [6, 6.07) is 10.6. The predicted molar refractivity (Wildman–Crippen MR) is 133 cm³/mol. The Bertz CT molecular complexity index is 1540. The van der Waals surface area contributed by atoms with Crippen LogP contribution < -0.4 is 11.0 Å². The highest BCUT2D eigenvalue weighted by atomic mass is 35.5. The first kappa shape index (κ1) is 25.9. The summed E-state index contributed by atoms with van der Waals surface area (Å²) in [5.41, 5.74) is -0.315. The third-order valence-electron chi connectivity index (χ3n) is 6.80. The molecule has 0 aliphatic heterocycles. The number of hydrogen-bond acceptors (Lipinski definition) is 4. The molecule has 4 aromatic rings. The molecule has 12 heteroatoms. The van der Waals surface area contributed by atoms with Crippen LogP contribution in [0.4, 0.5) is 17.6 Å². The fourth-order valence-corrected chi connectivity index (χ4v) is 5.14. The standard InChI is InChI=1S/C26H22ClF4N5O2/c27-16-11-19(23(33-12-16)26(29,30)31)24(37)34-17-7-5-15(6-8-17)14-35-20-3-1-2-4-21(20)36(25(35)38)18-9-10-22(28)32-13-18/h1-4,9-13,15,17H,5-8,14H2,(H,34,37)/t15-,17-. The summed E-state index contributed by atoms with van der Waals surface area (Å²) in [4.78, 5) is 33.0. The van der Waals surface area contributed by atoms with Gasteiger partial charge in [0.25, 0.3) is 5.91 Å². The van der Waals surface area contributed by atoms with Crippen molar-refractivity contribution in [2.75, 3.05) is 0 Å². The Labute approximate surface area is 219 Å². The van der Waals surface area contributed by atoms with Gasteiger partial charge in [-0.15, -0.1) is 0 Å². The van der Waals surface area contributed by atoms with Crippen molar-refractivity contribution >= 4 is 28.5 Å². The Morgan fingerprint density at radius 3 is 2.39 bits per heavy atom. The Morgan fingerprint density at radius 2 is 1.74 bits per heavy atom. The summed E-state index contributed by atoms with van der Waals surface area (Å²) < 4.78 is 56.4. The van der Waals surface area contributed by atoms with Crippen LogP contribution in [0.15, 0.2) is 59.7 Å². The SMILES string of the molecule is O=C(N[C@H]1CC[C@H](Cn2c(=O)n(-c3ccc(F)nc3)c3ccccc32)CC1)c1cc(Cl)cnc1C(F)(F)F. The number of benzene rings is 1. The van der Waals surface area contributed by atoms with E-state index in [1.165, 1.54) is 22.9 Å². The summed E-state index contributed by atoms with van der Waals surface area (Å²) >= 11 is 5.79. The number of fused-ring (bicyclic) bond motifs is 1. The Morgan fingerprint density at radius 1 is 1.03 bits per heavy atom. The van der Waals surface area contributed by atoms with E-state index in [4.69, 9.17) is 11.6 Å². The summed E-state index contributed by atoms with van der Waals surface area (Å²) in [6.07, 6.45) is -0.212. The van der Waals surface area contributed by atoms with Crippen LogP contribution in [0.3, 0.4) is 0 Å².